The molecule has 1 N–H and O–H groups in total. The predicted molar refractivity (Wildman–Crippen MR) is 129 cm³/mol. The van der Waals surface area contributed by atoms with Gasteiger partial charge in [0.25, 0.3) is 5.91 Å². The van der Waals surface area contributed by atoms with Gasteiger partial charge in [-0.05, 0) is 49.2 Å². The quantitative estimate of drug-likeness (QED) is 0.450. The number of para-hydroxylation sites is 1. The van der Waals surface area contributed by atoms with Crippen molar-refractivity contribution in [3.63, 3.8) is 0 Å². The fourth-order valence-corrected chi connectivity index (χ4v) is 7.11. The summed E-state index contributed by atoms with van der Waals surface area (Å²) >= 11 is 3.08. The van der Waals surface area contributed by atoms with Crippen molar-refractivity contribution in [2.24, 2.45) is 0 Å². The van der Waals surface area contributed by atoms with Crippen molar-refractivity contribution < 1.29 is 13.2 Å². The summed E-state index contributed by atoms with van der Waals surface area (Å²) in [6, 6.07) is 20.0. The second kappa shape index (κ2) is 8.74. The van der Waals surface area contributed by atoms with Crippen molar-refractivity contribution in [2.75, 3.05) is 13.1 Å². The van der Waals surface area contributed by atoms with Gasteiger partial charge in [-0.3, -0.25) is 4.79 Å². The minimum Gasteiger partial charge on any atom is -0.338 e. The lowest BCUT2D eigenvalue weighted by molar-refractivity contribution is 0.0716. The number of thiophene rings is 1. The largest absolute Gasteiger partial charge is 0.338 e. The van der Waals surface area contributed by atoms with Crippen LogP contribution in [-0.4, -0.2) is 43.3 Å². The third-order valence-corrected chi connectivity index (χ3v) is 9.29. The van der Waals surface area contributed by atoms with Crippen LogP contribution in [0.5, 0.6) is 0 Å². The van der Waals surface area contributed by atoms with Crippen molar-refractivity contribution in [3.8, 4) is 9.88 Å². The number of thiazole rings is 1. The Morgan fingerprint density at radius 2 is 1.66 bits per heavy atom. The van der Waals surface area contributed by atoms with E-state index < -0.39 is 10.0 Å². The molecule has 1 amide bonds. The molecule has 9 heteroatoms. The summed E-state index contributed by atoms with van der Waals surface area (Å²) in [7, 11) is -3.55. The number of benzene rings is 2. The highest BCUT2D eigenvalue weighted by molar-refractivity contribution is 7.89. The van der Waals surface area contributed by atoms with Gasteiger partial charge >= 0.3 is 0 Å². The van der Waals surface area contributed by atoms with E-state index in [9.17, 15) is 13.2 Å². The Kier molecular flexibility index (Phi) is 5.81. The maximum Gasteiger partial charge on any atom is 0.263 e. The van der Waals surface area contributed by atoms with Gasteiger partial charge in [0.15, 0.2) is 0 Å². The Morgan fingerprint density at radius 3 is 2.41 bits per heavy atom. The molecule has 164 valence electrons. The summed E-state index contributed by atoms with van der Waals surface area (Å²) in [5.74, 6) is -0.00766. The number of carbonyl (C=O) groups excluding carboxylic acids is 1. The maximum atomic E-state index is 13.0. The van der Waals surface area contributed by atoms with E-state index in [0.29, 0.717) is 30.8 Å². The van der Waals surface area contributed by atoms with E-state index in [4.69, 9.17) is 0 Å². The summed E-state index contributed by atoms with van der Waals surface area (Å²) in [6.07, 6.45) is 1.18. The number of rotatable bonds is 5. The normalized spacial score (nSPS) is 15.3. The number of hydrogen-bond acceptors (Lipinski definition) is 6. The van der Waals surface area contributed by atoms with E-state index in [-0.39, 0.29) is 16.8 Å². The van der Waals surface area contributed by atoms with E-state index in [1.54, 1.807) is 46.6 Å². The zero-order valence-corrected chi connectivity index (χ0v) is 19.6. The number of sulfonamides is 1. The third-order valence-electron chi connectivity index (χ3n) is 5.48. The number of amides is 1. The van der Waals surface area contributed by atoms with Crippen LogP contribution < -0.4 is 4.72 Å². The Bertz CT molecular complexity index is 1320. The minimum absolute atomic E-state index is 0.00766. The van der Waals surface area contributed by atoms with Gasteiger partial charge < -0.3 is 4.90 Å². The molecule has 1 aliphatic rings. The lowest BCUT2D eigenvalue weighted by atomic mass is 10.1. The summed E-state index contributed by atoms with van der Waals surface area (Å²) in [5.41, 5.74) is 0.966. The van der Waals surface area contributed by atoms with Crippen molar-refractivity contribution >= 4 is 48.8 Å². The zero-order valence-electron chi connectivity index (χ0n) is 17.1. The van der Waals surface area contributed by atoms with E-state index in [1.165, 1.54) is 11.3 Å². The summed E-state index contributed by atoms with van der Waals surface area (Å²) in [5, 5.41) is 0.921. The highest BCUT2D eigenvalue weighted by Gasteiger charge is 2.28. The van der Waals surface area contributed by atoms with Crippen molar-refractivity contribution in [1.82, 2.24) is 14.6 Å². The number of nitrogens with one attached hydrogen (secondary N) is 1. The minimum atomic E-state index is -3.55. The monoisotopic (exact) mass is 483 g/mol. The number of likely N-dealkylation sites (tertiary alicyclic amines) is 1. The zero-order chi connectivity index (χ0) is 22.1. The fourth-order valence-electron chi connectivity index (χ4n) is 3.79. The van der Waals surface area contributed by atoms with Crippen LogP contribution in [0, 0.1) is 0 Å². The molecule has 6 nitrogen and oxygen atoms in total. The summed E-state index contributed by atoms with van der Waals surface area (Å²) in [4.78, 5) is 21.4. The van der Waals surface area contributed by atoms with E-state index in [2.05, 4.69) is 9.71 Å². The second-order valence-corrected chi connectivity index (χ2v) is 11.5. The SMILES string of the molecule is O=C(c1ccc(-c2nc3ccccc3s2)s1)N1CCC(NS(=O)(=O)c2ccccc2)CC1. The molecule has 3 heterocycles. The van der Waals surface area contributed by atoms with Crippen LogP contribution in [0.1, 0.15) is 22.5 Å². The molecule has 0 radical (unpaired) electrons. The van der Waals surface area contributed by atoms with Gasteiger partial charge in [-0.2, -0.15) is 0 Å². The number of nitrogens with zero attached hydrogens (tertiary/aromatic N) is 2. The molecule has 32 heavy (non-hydrogen) atoms. The summed E-state index contributed by atoms with van der Waals surface area (Å²) < 4.78 is 29.0. The van der Waals surface area contributed by atoms with E-state index in [0.717, 1.165) is 20.1 Å². The number of hydrogen-bond donors (Lipinski definition) is 1. The smallest absolute Gasteiger partial charge is 0.263 e. The molecule has 4 aromatic rings. The molecule has 0 unspecified atom stereocenters. The van der Waals surface area contributed by atoms with Crippen molar-refractivity contribution in [3.05, 3.63) is 71.6 Å². The van der Waals surface area contributed by atoms with Gasteiger partial charge in [-0.15, -0.1) is 22.7 Å². The van der Waals surface area contributed by atoms with Crippen LogP contribution in [-0.2, 0) is 10.0 Å². The van der Waals surface area contributed by atoms with Crippen LogP contribution in [0.25, 0.3) is 20.1 Å². The number of carbonyl (C=O) groups is 1. The maximum absolute atomic E-state index is 13.0. The first-order chi connectivity index (χ1) is 15.5. The molecular weight excluding hydrogens is 462 g/mol. The highest BCUT2D eigenvalue weighted by atomic mass is 32.2. The second-order valence-electron chi connectivity index (χ2n) is 7.65. The van der Waals surface area contributed by atoms with Gasteiger partial charge in [0.1, 0.15) is 5.01 Å². The van der Waals surface area contributed by atoms with E-state index >= 15 is 0 Å². The molecule has 0 bridgehead atoms. The van der Waals surface area contributed by atoms with Crippen LogP contribution in [0.4, 0.5) is 0 Å². The molecule has 1 saturated heterocycles. The Hall–Kier alpha value is -2.59. The average molecular weight is 484 g/mol. The lowest BCUT2D eigenvalue weighted by Gasteiger charge is -2.32. The molecule has 0 saturated carbocycles. The first-order valence-corrected chi connectivity index (χ1v) is 13.4. The van der Waals surface area contributed by atoms with Gasteiger partial charge in [0.2, 0.25) is 10.0 Å². The molecule has 2 aromatic carbocycles. The molecule has 0 atom stereocenters. The highest BCUT2D eigenvalue weighted by Crippen LogP contribution is 2.35. The number of fused-ring (bicyclic) bond motifs is 1. The van der Waals surface area contributed by atoms with Gasteiger partial charge in [0.05, 0.1) is 24.9 Å². The number of piperidine rings is 1. The summed E-state index contributed by atoms with van der Waals surface area (Å²) in [6.45, 7) is 1.05. The topological polar surface area (TPSA) is 79.4 Å². The standard InChI is InChI=1S/C23H21N3O3S3/c27-23(21-11-10-20(30-21)22-24-18-8-4-5-9-19(18)31-22)26-14-12-16(13-15-26)25-32(28,29)17-6-2-1-3-7-17/h1-11,16,25H,12-15H2. The fraction of sp³-hybridized carbons (Fsp3) is 0.217. The van der Waals surface area contributed by atoms with Crippen molar-refractivity contribution in [1.29, 1.82) is 0 Å². The Balaban J connectivity index is 1.22. The van der Waals surface area contributed by atoms with Crippen LogP contribution in [0.2, 0.25) is 0 Å². The number of aromatic nitrogens is 1. The lowest BCUT2D eigenvalue weighted by Crippen LogP contribution is -2.46. The molecule has 0 aliphatic carbocycles. The van der Waals surface area contributed by atoms with Crippen molar-refractivity contribution in [2.45, 2.75) is 23.8 Å². The Morgan fingerprint density at radius 1 is 0.938 bits per heavy atom. The Labute approximate surface area is 194 Å². The molecule has 5 rings (SSSR count). The molecule has 1 fully saturated rings. The average Bonchev–Trinajstić information content (AvgIpc) is 3.47. The molecular formula is C23H21N3O3S3. The molecule has 1 aliphatic heterocycles. The van der Waals surface area contributed by atoms with Crippen LogP contribution in [0.3, 0.4) is 0 Å². The predicted octanol–water partition coefficient (Wildman–Crippen LogP) is 4.61. The van der Waals surface area contributed by atoms with E-state index in [1.807, 2.05) is 36.4 Å². The van der Waals surface area contributed by atoms with Crippen LogP contribution >= 0.6 is 22.7 Å². The first kappa shape index (κ1) is 21.3. The van der Waals surface area contributed by atoms with Crippen LogP contribution in [0.15, 0.2) is 71.6 Å². The first-order valence-electron chi connectivity index (χ1n) is 10.3. The molecule has 0 spiro atoms. The molecule has 2 aromatic heterocycles. The van der Waals surface area contributed by atoms with Gasteiger partial charge in [-0.25, -0.2) is 18.1 Å². The van der Waals surface area contributed by atoms with Gasteiger partial charge in [-0.1, -0.05) is 30.3 Å². The third kappa shape index (κ3) is 4.33. The van der Waals surface area contributed by atoms with Gasteiger partial charge in [0, 0.05) is 19.1 Å².